The van der Waals surface area contributed by atoms with Crippen LogP contribution in [0.1, 0.15) is 12.8 Å². The van der Waals surface area contributed by atoms with Crippen LogP contribution < -0.4 is 21.1 Å². The van der Waals surface area contributed by atoms with Gasteiger partial charge in [0.1, 0.15) is 23.5 Å². The molecular formula is C19H23N7O2. The van der Waals surface area contributed by atoms with E-state index in [-0.39, 0.29) is 24.1 Å². The summed E-state index contributed by atoms with van der Waals surface area (Å²) < 4.78 is 1.47. The number of carbonyl (C=O) groups excluding carboxylic acids is 1. The van der Waals surface area contributed by atoms with E-state index in [9.17, 15) is 9.59 Å². The Kier molecular flexibility index (Phi) is 4.96. The molecule has 4 rings (SSSR count). The minimum Gasteiger partial charge on any atom is -0.372 e. The third-order valence-corrected chi connectivity index (χ3v) is 4.98. The van der Waals surface area contributed by atoms with E-state index in [4.69, 9.17) is 0 Å². The maximum absolute atomic E-state index is 12.4. The summed E-state index contributed by atoms with van der Waals surface area (Å²) in [5.74, 6) is 0.753. The number of H-pyrrole nitrogens is 1. The zero-order chi connectivity index (χ0) is 19.5. The first-order valence-corrected chi connectivity index (χ1v) is 9.34. The van der Waals surface area contributed by atoms with Crippen LogP contribution in [0.2, 0.25) is 0 Å². The molecule has 1 saturated heterocycles. The number of hydrogen-bond donors (Lipinski definition) is 3. The highest BCUT2D eigenvalue weighted by atomic mass is 16.2. The van der Waals surface area contributed by atoms with Gasteiger partial charge in [0.2, 0.25) is 5.91 Å². The maximum Gasteiger partial charge on any atom is 0.273 e. The molecule has 0 aliphatic carbocycles. The SMILES string of the molecule is Cn1cccc(NCC(=O)NC2CCCN(c3ncnc4[nH]ccc34)C2)c1=O. The minimum atomic E-state index is -0.154. The third kappa shape index (κ3) is 3.68. The quantitative estimate of drug-likeness (QED) is 0.605. The van der Waals surface area contributed by atoms with Crippen molar-refractivity contribution in [3.8, 4) is 0 Å². The molecule has 9 nitrogen and oxygen atoms in total. The molecule has 3 aromatic heterocycles. The van der Waals surface area contributed by atoms with Crippen LogP contribution >= 0.6 is 0 Å². The van der Waals surface area contributed by atoms with Crippen molar-refractivity contribution in [3.63, 3.8) is 0 Å². The van der Waals surface area contributed by atoms with Crippen molar-refractivity contribution in [1.29, 1.82) is 0 Å². The van der Waals surface area contributed by atoms with E-state index in [1.807, 2.05) is 12.3 Å². The van der Waals surface area contributed by atoms with Gasteiger partial charge in [-0.3, -0.25) is 9.59 Å². The maximum atomic E-state index is 12.4. The normalized spacial score (nSPS) is 16.9. The number of aromatic amines is 1. The molecule has 1 aliphatic heterocycles. The molecule has 0 radical (unpaired) electrons. The number of fused-ring (bicyclic) bond motifs is 1. The molecule has 3 N–H and O–H groups in total. The lowest BCUT2D eigenvalue weighted by Crippen LogP contribution is -2.49. The van der Waals surface area contributed by atoms with Crippen molar-refractivity contribution < 1.29 is 4.79 Å². The molecule has 1 fully saturated rings. The second kappa shape index (κ2) is 7.71. The van der Waals surface area contributed by atoms with Crippen LogP contribution in [0.15, 0.2) is 41.7 Å². The van der Waals surface area contributed by atoms with Gasteiger partial charge in [-0.05, 0) is 31.0 Å². The molecule has 4 heterocycles. The Hall–Kier alpha value is -3.36. The van der Waals surface area contributed by atoms with Gasteiger partial charge in [0, 0.05) is 38.6 Å². The van der Waals surface area contributed by atoms with Gasteiger partial charge in [-0.25, -0.2) is 9.97 Å². The van der Waals surface area contributed by atoms with Crippen molar-refractivity contribution in [2.24, 2.45) is 7.05 Å². The molecule has 1 unspecified atom stereocenters. The van der Waals surface area contributed by atoms with Gasteiger partial charge in [-0.1, -0.05) is 0 Å². The molecule has 0 spiro atoms. The molecule has 9 heteroatoms. The minimum absolute atomic E-state index is 0.0330. The number of carbonyl (C=O) groups is 1. The highest BCUT2D eigenvalue weighted by molar-refractivity contribution is 5.87. The summed E-state index contributed by atoms with van der Waals surface area (Å²) in [4.78, 5) is 38.3. The Balaban J connectivity index is 1.37. The third-order valence-electron chi connectivity index (χ3n) is 4.98. The molecule has 1 aliphatic rings. The fraction of sp³-hybridized carbons (Fsp3) is 0.368. The molecule has 146 valence electrons. The van der Waals surface area contributed by atoms with Gasteiger partial charge in [-0.15, -0.1) is 0 Å². The highest BCUT2D eigenvalue weighted by Crippen LogP contribution is 2.24. The summed E-state index contributed by atoms with van der Waals surface area (Å²) in [6.07, 6.45) is 6.97. The van der Waals surface area contributed by atoms with Crippen LogP contribution in [0.4, 0.5) is 11.5 Å². The smallest absolute Gasteiger partial charge is 0.273 e. The van der Waals surface area contributed by atoms with E-state index < -0.39 is 0 Å². The first kappa shape index (κ1) is 18.0. The van der Waals surface area contributed by atoms with Crippen LogP contribution in [0.3, 0.4) is 0 Å². The number of piperidine rings is 1. The number of aromatic nitrogens is 4. The number of amides is 1. The molecule has 1 amide bonds. The predicted molar refractivity (Wildman–Crippen MR) is 107 cm³/mol. The standard InChI is InChI=1S/C19H23N7O2/c1-25-8-3-5-15(19(25)28)21-10-16(27)24-13-4-2-9-26(11-13)18-14-6-7-20-17(14)22-12-23-18/h3,5-8,12-13,21H,2,4,9-11H2,1H3,(H,24,27)(H,20,22,23). The van der Waals surface area contributed by atoms with Crippen LogP contribution in [0, 0.1) is 0 Å². The number of nitrogens with zero attached hydrogens (tertiary/aromatic N) is 4. The average Bonchev–Trinajstić information content (AvgIpc) is 3.18. The molecule has 28 heavy (non-hydrogen) atoms. The molecule has 0 saturated carbocycles. The van der Waals surface area contributed by atoms with Gasteiger partial charge >= 0.3 is 0 Å². The number of hydrogen-bond acceptors (Lipinski definition) is 6. The van der Waals surface area contributed by atoms with Crippen molar-refractivity contribution >= 4 is 28.4 Å². The number of pyridine rings is 1. The zero-order valence-corrected chi connectivity index (χ0v) is 15.7. The van der Waals surface area contributed by atoms with E-state index in [1.54, 1.807) is 31.7 Å². The van der Waals surface area contributed by atoms with E-state index in [2.05, 4.69) is 30.5 Å². The van der Waals surface area contributed by atoms with E-state index >= 15 is 0 Å². The lowest BCUT2D eigenvalue weighted by atomic mass is 10.1. The summed E-state index contributed by atoms with van der Waals surface area (Å²) in [6, 6.07) is 5.45. The number of nitrogens with one attached hydrogen (secondary N) is 3. The lowest BCUT2D eigenvalue weighted by molar-refractivity contribution is -0.120. The zero-order valence-electron chi connectivity index (χ0n) is 15.7. The van der Waals surface area contributed by atoms with Gasteiger partial charge in [0.15, 0.2) is 0 Å². The summed E-state index contributed by atoms with van der Waals surface area (Å²) in [5, 5.41) is 6.97. The topological polar surface area (TPSA) is 108 Å². The molecule has 0 bridgehead atoms. The van der Waals surface area contributed by atoms with Gasteiger partial charge in [0.25, 0.3) is 5.56 Å². The van der Waals surface area contributed by atoms with Gasteiger partial charge < -0.3 is 25.1 Å². The average molecular weight is 381 g/mol. The second-order valence-electron chi connectivity index (χ2n) is 6.98. The van der Waals surface area contributed by atoms with Crippen molar-refractivity contribution in [2.75, 3.05) is 29.9 Å². The van der Waals surface area contributed by atoms with Gasteiger partial charge in [0.05, 0.1) is 11.9 Å². The van der Waals surface area contributed by atoms with Crippen LogP contribution in [-0.4, -0.2) is 51.1 Å². The Bertz CT molecular complexity index is 1040. The number of aryl methyl sites for hydroxylation is 1. The Morgan fingerprint density at radius 1 is 1.36 bits per heavy atom. The molecule has 1 atom stereocenters. The van der Waals surface area contributed by atoms with Gasteiger partial charge in [-0.2, -0.15) is 0 Å². The monoisotopic (exact) mass is 381 g/mol. The summed E-state index contributed by atoms with van der Waals surface area (Å²) in [7, 11) is 1.68. The molecule has 0 aromatic carbocycles. The largest absolute Gasteiger partial charge is 0.372 e. The fourth-order valence-electron chi connectivity index (χ4n) is 3.58. The van der Waals surface area contributed by atoms with E-state index in [0.717, 1.165) is 36.2 Å². The van der Waals surface area contributed by atoms with Crippen LogP contribution in [-0.2, 0) is 11.8 Å². The van der Waals surface area contributed by atoms with Crippen molar-refractivity contribution in [3.05, 3.63) is 47.3 Å². The predicted octanol–water partition coefficient (Wildman–Crippen LogP) is 0.854. The highest BCUT2D eigenvalue weighted by Gasteiger charge is 2.23. The summed E-state index contributed by atoms with van der Waals surface area (Å²) in [6.45, 7) is 1.64. The van der Waals surface area contributed by atoms with Crippen LogP contribution in [0.5, 0.6) is 0 Å². The summed E-state index contributed by atoms with van der Waals surface area (Å²) in [5.41, 5.74) is 1.07. The number of anilines is 2. The Morgan fingerprint density at radius 3 is 3.14 bits per heavy atom. The van der Waals surface area contributed by atoms with E-state index in [0.29, 0.717) is 12.2 Å². The first-order valence-electron chi connectivity index (χ1n) is 9.34. The van der Waals surface area contributed by atoms with Crippen molar-refractivity contribution in [2.45, 2.75) is 18.9 Å². The fourth-order valence-corrected chi connectivity index (χ4v) is 3.58. The molecular weight excluding hydrogens is 358 g/mol. The first-order chi connectivity index (χ1) is 13.6. The van der Waals surface area contributed by atoms with E-state index in [1.165, 1.54) is 4.57 Å². The van der Waals surface area contributed by atoms with Crippen LogP contribution in [0.25, 0.3) is 11.0 Å². The number of rotatable bonds is 5. The van der Waals surface area contributed by atoms with Crippen molar-refractivity contribution in [1.82, 2.24) is 24.8 Å². The molecule has 3 aromatic rings. The Labute approximate surface area is 161 Å². The summed E-state index contributed by atoms with van der Waals surface area (Å²) >= 11 is 0. The lowest BCUT2D eigenvalue weighted by Gasteiger charge is -2.34. The second-order valence-corrected chi connectivity index (χ2v) is 6.98. The Morgan fingerprint density at radius 2 is 2.25 bits per heavy atom.